The molecule has 2 rings (SSSR count). The molecule has 1 aromatic carbocycles. The Bertz CT molecular complexity index is 434. The Morgan fingerprint density at radius 2 is 1.95 bits per heavy atom. The lowest BCUT2D eigenvalue weighted by atomic mass is 9.64. The highest BCUT2D eigenvalue weighted by Gasteiger charge is 2.48. The Balaban J connectivity index is 1.91. The first kappa shape index (κ1) is 15.0. The lowest BCUT2D eigenvalue weighted by molar-refractivity contribution is -0.0976. The number of ether oxygens (including phenoxy) is 2. The summed E-state index contributed by atoms with van der Waals surface area (Å²) in [6.45, 7) is 4.27. The summed E-state index contributed by atoms with van der Waals surface area (Å²) in [6.07, 6.45) is 1.22. The molecular formula is C15H21F2NO2. The van der Waals surface area contributed by atoms with Crippen LogP contribution < -0.4 is 10.1 Å². The van der Waals surface area contributed by atoms with E-state index in [2.05, 4.69) is 23.9 Å². The fraction of sp³-hybridized carbons (Fsp3) is 0.600. The van der Waals surface area contributed by atoms with Crippen LogP contribution in [0.1, 0.15) is 27.2 Å². The molecule has 3 nitrogen and oxygen atoms in total. The highest BCUT2D eigenvalue weighted by molar-refractivity contribution is 5.48. The maximum Gasteiger partial charge on any atom is 0.387 e. The predicted molar refractivity (Wildman–Crippen MR) is 74.3 cm³/mol. The van der Waals surface area contributed by atoms with Crippen molar-refractivity contribution in [1.82, 2.24) is 0 Å². The number of anilines is 1. The van der Waals surface area contributed by atoms with Crippen LogP contribution in [0, 0.1) is 5.41 Å². The number of hydrogen-bond acceptors (Lipinski definition) is 3. The second-order valence-corrected chi connectivity index (χ2v) is 5.60. The van der Waals surface area contributed by atoms with Crippen molar-refractivity contribution in [3.05, 3.63) is 24.3 Å². The summed E-state index contributed by atoms with van der Waals surface area (Å²) in [5, 5.41) is 3.41. The molecule has 1 fully saturated rings. The molecular weight excluding hydrogens is 264 g/mol. The van der Waals surface area contributed by atoms with Gasteiger partial charge in [0.1, 0.15) is 5.75 Å². The normalized spacial score (nSPS) is 24.3. The van der Waals surface area contributed by atoms with Gasteiger partial charge in [0.25, 0.3) is 0 Å². The number of alkyl halides is 2. The number of benzene rings is 1. The molecule has 0 saturated heterocycles. The van der Waals surface area contributed by atoms with Crippen molar-refractivity contribution < 1.29 is 18.3 Å². The molecule has 0 amide bonds. The summed E-state index contributed by atoms with van der Waals surface area (Å²) in [6, 6.07) is 6.91. The number of hydrogen-bond donors (Lipinski definition) is 1. The fourth-order valence-electron chi connectivity index (χ4n) is 2.55. The van der Waals surface area contributed by atoms with Gasteiger partial charge in [0, 0.05) is 23.8 Å². The summed E-state index contributed by atoms with van der Waals surface area (Å²) in [7, 11) is 0. The first-order chi connectivity index (χ1) is 9.43. The van der Waals surface area contributed by atoms with Gasteiger partial charge in [0.15, 0.2) is 0 Å². The first-order valence-corrected chi connectivity index (χ1v) is 6.86. The Kier molecular flexibility index (Phi) is 4.48. The van der Waals surface area contributed by atoms with Crippen molar-refractivity contribution in [2.45, 2.75) is 45.9 Å². The van der Waals surface area contributed by atoms with E-state index in [9.17, 15) is 8.78 Å². The van der Waals surface area contributed by atoms with Gasteiger partial charge in [0.2, 0.25) is 0 Å². The molecule has 2 unspecified atom stereocenters. The number of halogens is 2. The highest BCUT2D eigenvalue weighted by atomic mass is 19.3. The average molecular weight is 285 g/mol. The monoisotopic (exact) mass is 285 g/mol. The minimum Gasteiger partial charge on any atom is -0.435 e. The maximum absolute atomic E-state index is 12.1. The Hall–Kier alpha value is -1.36. The van der Waals surface area contributed by atoms with Gasteiger partial charge < -0.3 is 14.8 Å². The van der Waals surface area contributed by atoms with E-state index in [1.807, 2.05) is 6.92 Å². The van der Waals surface area contributed by atoms with Gasteiger partial charge in [-0.15, -0.1) is 0 Å². The molecule has 0 spiro atoms. The van der Waals surface area contributed by atoms with Gasteiger partial charge in [-0.25, -0.2) is 0 Å². The van der Waals surface area contributed by atoms with E-state index in [0.29, 0.717) is 6.04 Å². The summed E-state index contributed by atoms with van der Waals surface area (Å²) in [5.74, 6) is 0.172. The van der Waals surface area contributed by atoms with E-state index in [1.54, 1.807) is 24.3 Å². The van der Waals surface area contributed by atoms with Crippen LogP contribution in [-0.2, 0) is 4.74 Å². The van der Waals surface area contributed by atoms with E-state index in [4.69, 9.17) is 4.74 Å². The van der Waals surface area contributed by atoms with Crippen LogP contribution in [0.25, 0.3) is 0 Å². The van der Waals surface area contributed by atoms with Crippen molar-refractivity contribution in [1.29, 1.82) is 0 Å². The molecule has 0 aliphatic heterocycles. The zero-order valence-corrected chi connectivity index (χ0v) is 12.0. The largest absolute Gasteiger partial charge is 0.435 e. The molecule has 2 atom stereocenters. The summed E-state index contributed by atoms with van der Waals surface area (Å²) < 4.78 is 34.1. The first-order valence-electron chi connectivity index (χ1n) is 6.86. The molecule has 1 aromatic rings. The molecule has 20 heavy (non-hydrogen) atoms. The smallest absolute Gasteiger partial charge is 0.387 e. The molecule has 1 N–H and O–H groups in total. The van der Waals surface area contributed by atoms with Crippen molar-refractivity contribution in [3.8, 4) is 5.75 Å². The van der Waals surface area contributed by atoms with Gasteiger partial charge in [-0.3, -0.25) is 0 Å². The summed E-state index contributed by atoms with van der Waals surface area (Å²) in [5.41, 5.74) is 0.966. The maximum atomic E-state index is 12.1. The van der Waals surface area contributed by atoms with Crippen LogP contribution in [0.2, 0.25) is 0 Å². The van der Waals surface area contributed by atoms with Crippen molar-refractivity contribution in [2.24, 2.45) is 5.41 Å². The third-order valence-corrected chi connectivity index (χ3v) is 3.97. The Morgan fingerprint density at radius 1 is 1.30 bits per heavy atom. The summed E-state index contributed by atoms with van der Waals surface area (Å²) >= 11 is 0. The van der Waals surface area contributed by atoms with Crippen molar-refractivity contribution >= 4 is 5.69 Å². The predicted octanol–water partition coefficient (Wildman–Crippen LogP) is 3.90. The molecule has 0 radical (unpaired) electrons. The standard InChI is InChI=1S/C15H21F2NO2/c1-4-19-13-9-12(15(13,2)3)18-10-5-7-11(8-6-10)20-14(16)17/h5-8,12-14,18H,4,9H2,1-3H3. The molecule has 5 heteroatoms. The molecule has 112 valence electrons. The zero-order chi connectivity index (χ0) is 14.8. The van der Waals surface area contributed by atoms with E-state index >= 15 is 0 Å². The average Bonchev–Trinajstić information content (AvgIpc) is 2.39. The van der Waals surface area contributed by atoms with E-state index < -0.39 is 6.61 Å². The zero-order valence-electron chi connectivity index (χ0n) is 12.0. The molecule has 1 aliphatic rings. The molecule has 0 heterocycles. The topological polar surface area (TPSA) is 30.5 Å². The lowest BCUT2D eigenvalue weighted by Gasteiger charge is -2.52. The van der Waals surface area contributed by atoms with Crippen molar-refractivity contribution in [2.75, 3.05) is 11.9 Å². The van der Waals surface area contributed by atoms with Crippen LogP contribution in [0.3, 0.4) is 0 Å². The third kappa shape index (κ3) is 3.20. The minimum atomic E-state index is -2.79. The Labute approximate surface area is 118 Å². The SMILES string of the molecule is CCOC1CC(Nc2ccc(OC(F)F)cc2)C1(C)C. The fourth-order valence-corrected chi connectivity index (χ4v) is 2.55. The van der Waals surface area contributed by atoms with Crippen LogP contribution in [0.4, 0.5) is 14.5 Å². The second-order valence-electron chi connectivity index (χ2n) is 5.60. The molecule has 0 aromatic heterocycles. The van der Waals surface area contributed by atoms with Crippen LogP contribution in [0.5, 0.6) is 5.75 Å². The van der Waals surface area contributed by atoms with Crippen LogP contribution >= 0.6 is 0 Å². The van der Waals surface area contributed by atoms with Crippen molar-refractivity contribution in [3.63, 3.8) is 0 Å². The van der Waals surface area contributed by atoms with Crippen LogP contribution in [-0.4, -0.2) is 25.4 Å². The molecule has 1 aliphatic carbocycles. The van der Waals surface area contributed by atoms with E-state index in [1.165, 1.54) is 0 Å². The van der Waals surface area contributed by atoms with Gasteiger partial charge in [-0.1, -0.05) is 13.8 Å². The van der Waals surface area contributed by atoms with E-state index in [-0.39, 0.29) is 17.3 Å². The lowest BCUT2D eigenvalue weighted by Crippen LogP contribution is -2.58. The van der Waals surface area contributed by atoms with Crippen LogP contribution in [0.15, 0.2) is 24.3 Å². The minimum absolute atomic E-state index is 0.0636. The Morgan fingerprint density at radius 3 is 2.45 bits per heavy atom. The van der Waals surface area contributed by atoms with Gasteiger partial charge in [0.05, 0.1) is 6.10 Å². The van der Waals surface area contributed by atoms with Gasteiger partial charge in [-0.05, 0) is 37.6 Å². The van der Waals surface area contributed by atoms with E-state index in [0.717, 1.165) is 18.7 Å². The highest BCUT2D eigenvalue weighted by Crippen LogP contribution is 2.44. The van der Waals surface area contributed by atoms with Gasteiger partial charge in [-0.2, -0.15) is 8.78 Å². The number of nitrogens with one attached hydrogen (secondary N) is 1. The van der Waals surface area contributed by atoms with Gasteiger partial charge >= 0.3 is 6.61 Å². The second kappa shape index (κ2) is 5.95. The number of rotatable bonds is 6. The molecule has 1 saturated carbocycles. The summed E-state index contributed by atoms with van der Waals surface area (Å²) in [4.78, 5) is 0. The molecule has 0 bridgehead atoms. The third-order valence-electron chi connectivity index (χ3n) is 3.97. The quantitative estimate of drug-likeness (QED) is 0.859.